The van der Waals surface area contributed by atoms with Crippen LogP contribution in [0.4, 0.5) is 0 Å². The summed E-state index contributed by atoms with van der Waals surface area (Å²) in [6, 6.07) is 16.5. The minimum atomic E-state index is 0.581. The highest BCUT2D eigenvalue weighted by Crippen LogP contribution is 2.18. The first-order chi connectivity index (χ1) is 10.3. The third kappa shape index (κ3) is 5.88. The van der Waals surface area contributed by atoms with Gasteiger partial charge in [0.2, 0.25) is 0 Å². The fraction of sp³-hybridized carbons (Fsp3) is 0.333. The minimum absolute atomic E-state index is 0.581. The van der Waals surface area contributed by atoms with Gasteiger partial charge in [0.25, 0.3) is 0 Å². The molecule has 3 heteroatoms. The van der Waals surface area contributed by atoms with E-state index in [1.54, 1.807) is 0 Å². The molecule has 1 N–H and O–H groups in total. The second-order valence-corrected chi connectivity index (χ2v) is 5.57. The van der Waals surface area contributed by atoms with Crippen LogP contribution in [0.15, 0.2) is 48.5 Å². The van der Waals surface area contributed by atoms with Crippen molar-refractivity contribution in [3.63, 3.8) is 0 Å². The standard InChI is InChI=1S/C18H22ClNO/c1-15-8-9-17(18(19)12-15)14-21-11-5-10-20-13-16-6-3-2-4-7-16/h2-4,6-9,12,20H,5,10-11,13-14H2,1H3. The van der Waals surface area contributed by atoms with Gasteiger partial charge < -0.3 is 10.1 Å². The Morgan fingerprint density at radius 3 is 2.67 bits per heavy atom. The molecule has 0 aliphatic heterocycles. The van der Waals surface area contributed by atoms with Crippen molar-refractivity contribution in [2.24, 2.45) is 0 Å². The van der Waals surface area contributed by atoms with E-state index in [1.165, 1.54) is 11.1 Å². The number of ether oxygens (including phenoxy) is 1. The van der Waals surface area contributed by atoms with E-state index in [1.807, 2.05) is 25.1 Å². The molecule has 0 unspecified atom stereocenters. The van der Waals surface area contributed by atoms with E-state index in [2.05, 4.69) is 35.6 Å². The van der Waals surface area contributed by atoms with Gasteiger partial charge in [0, 0.05) is 18.2 Å². The van der Waals surface area contributed by atoms with E-state index in [4.69, 9.17) is 16.3 Å². The largest absolute Gasteiger partial charge is 0.377 e. The van der Waals surface area contributed by atoms with Crippen LogP contribution in [0.5, 0.6) is 0 Å². The molecule has 0 radical (unpaired) electrons. The first kappa shape index (κ1) is 16.0. The Kier molecular flexibility index (Phi) is 6.74. The van der Waals surface area contributed by atoms with Crippen LogP contribution in [0.3, 0.4) is 0 Å². The van der Waals surface area contributed by atoms with Gasteiger partial charge in [-0.1, -0.05) is 54.1 Å². The molecular formula is C18H22ClNO. The van der Waals surface area contributed by atoms with Gasteiger partial charge in [-0.3, -0.25) is 0 Å². The maximum Gasteiger partial charge on any atom is 0.0731 e. The zero-order chi connectivity index (χ0) is 14.9. The van der Waals surface area contributed by atoms with Gasteiger partial charge in [-0.2, -0.15) is 0 Å². The fourth-order valence-corrected chi connectivity index (χ4v) is 2.37. The molecular weight excluding hydrogens is 282 g/mol. The summed E-state index contributed by atoms with van der Waals surface area (Å²) in [5, 5.41) is 4.20. The summed E-state index contributed by atoms with van der Waals surface area (Å²) in [7, 11) is 0. The lowest BCUT2D eigenvalue weighted by atomic mass is 10.2. The molecule has 0 fully saturated rings. The molecule has 0 saturated carbocycles. The molecule has 0 aliphatic carbocycles. The lowest BCUT2D eigenvalue weighted by molar-refractivity contribution is 0.118. The number of nitrogens with one attached hydrogen (secondary N) is 1. The van der Waals surface area contributed by atoms with Crippen molar-refractivity contribution in [2.45, 2.75) is 26.5 Å². The van der Waals surface area contributed by atoms with Crippen LogP contribution in [-0.4, -0.2) is 13.2 Å². The molecule has 0 saturated heterocycles. The Morgan fingerprint density at radius 2 is 1.90 bits per heavy atom. The molecule has 0 aromatic heterocycles. The molecule has 0 aliphatic rings. The first-order valence-corrected chi connectivity index (χ1v) is 7.71. The van der Waals surface area contributed by atoms with Gasteiger partial charge in [-0.05, 0) is 42.6 Å². The second kappa shape index (κ2) is 8.83. The lowest BCUT2D eigenvalue weighted by Gasteiger charge is -2.08. The summed E-state index contributed by atoms with van der Waals surface area (Å²) in [5.74, 6) is 0. The van der Waals surface area contributed by atoms with Gasteiger partial charge in [-0.25, -0.2) is 0 Å². The van der Waals surface area contributed by atoms with E-state index in [9.17, 15) is 0 Å². The van der Waals surface area contributed by atoms with Crippen LogP contribution >= 0.6 is 11.6 Å². The van der Waals surface area contributed by atoms with Crippen molar-refractivity contribution in [3.8, 4) is 0 Å². The molecule has 2 rings (SSSR count). The SMILES string of the molecule is Cc1ccc(COCCCNCc2ccccc2)c(Cl)c1. The number of benzene rings is 2. The highest BCUT2D eigenvalue weighted by atomic mass is 35.5. The van der Waals surface area contributed by atoms with Crippen LogP contribution < -0.4 is 5.32 Å². The molecule has 0 spiro atoms. The summed E-state index contributed by atoms with van der Waals surface area (Å²) >= 11 is 6.17. The zero-order valence-electron chi connectivity index (χ0n) is 12.4. The number of aryl methyl sites for hydroxylation is 1. The second-order valence-electron chi connectivity index (χ2n) is 5.16. The van der Waals surface area contributed by atoms with Crippen molar-refractivity contribution in [1.82, 2.24) is 5.32 Å². The Labute approximate surface area is 132 Å². The summed E-state index contributed by atoms with van der Waals surface area (Å²) in [6.07, 6.45) is 0.996. The monoisotopic (exact) mass is 303 g/mol. The molecule has 0 amide bonds. The van der Waals surface area contributed by atoms with E-state index < -0.39 is 0 Å². The van der Waals surface area contributed by atoms with Crippen LogP contribution in [0.2, 0.25) is 5.02 Å². The van der Waals surface area contributed by atoms with Gasteiger partial charge in [0.05, 0.1) is 6.61 Å². The summed E-state index contributed by atoms with van der Waals surface area (Å²) in [6.45, 7) is 5.22. The third-order valence-electron chi connectivity index (χ3n) is 3.28. The highest BCUT2D eigenvalue weighted by Gasteiger charge is 2.00. The Bertz CT molecular complexity index is 542. The van der Waals surface area contributed by atoms with Crippen LogP contribution in [0.1, 0.15) is 23.1 Å². The maximum absolute atomic E-state index is 6.17. The van der Waals surface area contributed by atoms with Crippen molar-refractivity contribution in [1.29, 1.82) is 0 Å². The van der Waals surface area contributed by atoms with Crippen molar-refractivity contribution in [2.75, 3.05) is 13.2 Å². The molecule has 2 aromatic carbocycles. The van der Waals surface area contributed by atoms with E-state index in [-0.39, 0.29) is 0 Å². The topological polar surface area (TPSA) is 21.3 Å². The summed E-state index contributed by atoms with van der Waals surface area (Å²) in [5.41, 5.74) is 3.54. The average molecular weight is 304 g/mol. The van der Waals surface area contributed by atoms with Crippen molar-refractivity contribution >= 4 is 11.6 Å². The quantitative estimate of drug-likeness (QED) is 0.732. The first-order valence-electron chi connectivity index (χ1n) is 7.33. The number of halogens is 1. The van der Waals surface area contributed by atoms with Gasteiger partial charge in [-0.15, -0.1) is 0 Å². The molecule has 0 atom stereocenters. The van der Waals surface area contributed by atoms with E-state index >= 15 is 0 Å². The summed E-state index contributed by atoms with van der Waals surface area (Å²) < 4.78 is 5.67. The number of hydrogen-bond donors (Lipinski definition) is 1. The lowest BCUT2D eigenvalue weighted by Crippen LogP contribution is -2.16. The third-order valence-corrected chi connectivity index (χ3v) is 3.63. The Balaban J connectivity index is 1.56. The van der Waals surface area contributed by atoms with E-state index in [0.29, 0.717) is 6.61 Å². The van der Waals surface area contributed by atoms with Gasteiger partial charge in [0.15, 0.2) is 0 Å². The summed E-state index contributed by atoms with van der Waals surface area (Å²) in [4.78, 5) is 0. The van der Waals surface area contributed by atoms with Crippen molar-refractivity contribution in [3.05, 3.63) is 70.2 Å². The Hall–Kier alpha value is -1.35. The molecule has 0 bridgehead atoms. The predicted octanol–water partition coefficient (Wildman–Crippen LogP) is 4.34. The Morgan fingerprint density at radius 1 is 1.10 bits per heavy atom. The molecule has 2 nitrogen and oxygen atoms in total. The minimum Gasteiger partial charge on any atom is -0.377 e. The average Bonchev–Trinajstić information content (AvgIpc) is 2.49. The molecule has 112 valence electrons. The van der Waals surface area contributed by atoms with Crippen LogP contribution in [0.25, 0.3) is 0 Å². The number of rotatable bonds is 8. The van der Waals surface area contributed by atoms with Gasteiger partial charge in [0.1, 0.15) is 0 Å². The smallest absolute Gasteiger partial charge is 0.0731 e. The molecule has 2 aromatic rings. The highest BCUT2D eigenvalue weighted by molar-refractivity contribution is 6.31. The normalized spacial score (nSPS) is 10.8. The maximum atomic E-state index is 6.17. The predicted molar refractivity (Wildman–Crippen MR) is 88.6 cm³/mol. The van der Waals surface area contributed by atoms with Crippen LogP contribution in [-0.2, 0) is 17.9 Å². The van der Waals surface area contributed by atoms with Crippen molar-refractivity contribution < 1.29 is 4.74 Å². The fourth-order valence-electron chi connectivity index (χ4n) is 2.08. The number of hydrogen-bond acceptors (Lipinski definition) is 2. The van der Waals surface area contributed by atoms with Crippen LogP contribution in [0, 0.1) is 6.92 Å². The van der Waals surface area contributed by atoms with E-state index in [0.717, 1.165) is 36.7 Å². The zero-order valence-corrected chi connectivity index (χ0v) is 13.2. The van der Waals surface area contributed by atoms with Gasteiger partial charge >= 0.3 is 0 Å². The molecule has 0 heterocycles. The molecule has 21 heavy (non-hydrogen) atoms.